The molecule has 1 aliphatic heterocycles. The lowest BCUT2D eigenvalue weighted by molar-refractivity contribution is 0.845. The number of benzene rings is 1. The summed E-state index contributed by atoms with van der Waals surface area (Å²) in [6, 6.07) is 7.70. The van der Waals surface area contributed by atoms with Gasteiger partial charge in [-0.15, -0.1) is 0 Å². The van der Waals surface area contributed by atoms with Crippen molar-refractivity contribution in [1.29, 1.82) is 5.26 Å². The smallest absolute Gasteiger partial charge is 0.179 e. The van der Waals surface area contributed by atoms with Crippen LogP contribution in [0.3, 0.4) is 0 Å². The summed E-state index contributed by atoms with van der Waals surface area (Å²) in [5.41, 5.74) is 2.56. The van der Waals surface area contributed by atoms with Crippen molar-refractivity contribution in [2.75, 3.05) is 23.9 Å². The summed E-state index contributed by atoms with van der Waals surface area (Å²) in [4.78, 5) is 3.91. The summed E-state index contributed by atoms with van der Waals surface area (Å²) in [6.45, 7) is 0. The Morgan fingerprint density at radius 3 is 2.57 bits per heavy atom. The topological polar surface area (TPSA) is 30.3 Å². The molecule has 0 saturated carbocycles. The van der Waals surface area contributed by atoms with Crippen molar-refractivity contribution >= 4 is 23.0 Å². The van der Waals surface area contributed by atoms with E-state index in [9.17, 15) is 0 Å². The standard InChI is InChI=1S/C10H10ClN3/c1-13-8-4-3-7(6-12)5-9(8)14(2)10(13)11/h3-5,10H,1-2H3. The minimum absolute atomic E-state index is 0.168. The minimum Gasteiger partial charge on any atom is -0.340 e. The minimum atomic E-state index is -0.168. The lowest BCUT2D eigenvalue weighted by Gasteiger charge is -2.20. The molecule has 4 heteroatoms. The van der Waals surface area contributed by atoms with E-state index in [0.717, 1.165) is 11.4 Å². The number of fused-ring (bicyclic) bond motifs is 1. The number of hydrogen-bond acceptors (Lipinski definition) is 3. The van der Waals surface area contributed by atoms with Crippen LogP contribution in [0.4, 0.5) is 11.4 Å². The molecule has 2 rings (SSSR count). The molecule has 0 spiro atoms. The second kappa shape index (κ2) is 3.07. The molecule has 0 aliphatic carbocycles. The highest BCUT2D eigenvalue weighted by atomic mass is 35.5. The van der Waals surface area contributed by atoms with Gasteiger partial charge in [0.2, 0.25) is 0 Å². The van der Waals surface area contributed by atoms with Crippen LogP contribution < -0.4 is 9.80 Å². The van der Waals surface area contributed by atoms with Crippen LogP contribution in [0.15, 0.2) is 18.2 Å². The third kappa shape index (κ3) is 1.11. The van der Waals surface area contributed by atoms with Crippen molar-refractivity contribution in [1.82, 2.24) is 0 Å². The van der Waals surface area contributed by atoms with E-state index in [1.807, 2.05) is 36.0 Å². The lowest BCUT2D eigenvalue weighted by Crippen LogP contribution is -2.33. The molecule has 14 heavy (non-hydrogen) atoms. The van der Waals surface area contributed by atoms with E-state index in [0.29, 0.717) is 5.56 Å². The van der Waals surface area contributed by atoms with Gasteiger partial charge >= 0.3 is 0 Å². The molecule has 0 N–H and O–H groups in total. The van der Waals surface area contributed by atoms with Gasteiger partial charge in [-0.3, -0.25) is 0 Å². The second-order valence-electron chi connectivity index (χ2n) is 3.35. The number of hydrogen-bond donors (Lipinski definition) is 0. The monoisotopic (exact) mass is 207 g/mol. The molecular weight excluding hydrogens is 198 g/mol. The number of nitrogens with zero attached hydrogens (tertiary/aromatic N) is 3. The Morgan fingerprint density at radius 1 is 1.29 bits per heavy atom. The van der Waals surface area contributed by atoms with Gasteiger partial charge in [-0.1, -0.05) is 11.6 Å². The predicted octanol–water partition coefficient (Wildman–Crippen LogP) is 1.97. The summed E-state index contributed by atoms with van der Waals surface area (Å²) in [5, 5.41) is 8.77. The first-order chi connectivity index (χ1) is 6.65. The largest absolute Gasteiger partial charge is 0.340 e. The van der Waals surface area contributed by atoms with Gasteiger partial charge in [0.05, 0.1) is 23.0 Å². The third-order valence-corrected chi connectivity index (χ3v) is 3.09. The summed E-state index contributed by atoms with van der Waals surface area (Å²) in [5.74, 6) is 0. The van der Waals surface area contributed by atoms with Gasteiger partial charge in [0.25, 0.3) is 0 Å². The zero-order valence-electron chi connectivity index (χ0n) is 8.03. The fourth-order valence-electron chi connectivity index (χ4n) is 1.66. The molecule has 1 atom stereocenters. The summed E-state index contributed by atoms with van der Waals surface area (Å²) in [6.07, 6.45) is 0. The molecule has 1 heterocycles. The first-order valence-corrected chi connectivity index (χ1v) is 4.72. The average molecular weight is 208 g/mol. The van der Waals surface area contributed by atoms with Crippen molar-refractivity contribution < 1.29 is 0 Å². The van der Waals surface area contributed by atoms with Crippen molar-refractivity contribution in [3.05, 3.63) is 23.8 Å². The number of alkyl halides is 1. The van der Waals surface area contributed by atoms with Crippen LogP contribution in [-0.4, -0.2) is 19.7 Å². The van der Waals surface area contributed by atoms with Gasteiger partial charge in [0.1, 0.15) is 0 Å². The summed E-state index contributed by atoms with van der Waals surface area (Å²) < 4.78 is 0. The Hall–Kier alpha value is -1.40. The average Bonchev–Trinajstić information content (AvgIpc) is 2.44. The van der Waals surface area contributed by atoms with Gasteiger partial charge in [-0.25, -0.2) is 0 Å². The van der Waals surface area contributed by atoms with Crippen LogP contribution in [0.5, 0.6) is 0 Å². The van der Waals surface area contributed by atoms with Crippen molar-refractivity contribution in [3.63, 3.8) is 0 Å². The lowest BCUT2D eigenvalue weighted by atomic mass is 10.2. The zero-order valence-corrected chi connectivity index (χ0v) is 8.78. The van der Waals surface area contributed by atoms with E-state index in [1.165, 1.54) is 0 Å². The Labute approximate surface area is 88.1 Å². The van der Waals surface area contributed by atoms with Crippen LogP contribution in [0.2, 0.25) is 0 Å². The molecule has 1 aliphatic rings. The second-order valence-corrected chi connectivity index (χ2v) is 3.74. The Kier molecular flexibility index (Phi) is 2.01. The SMILES string of the molecule is CN1c2ccc(C#N)cc2N(C)C1Cl. The van der Waals surface area contributed by atoms with Gasteiger partial charge in [-0.05, 0) is 18.2 Å². The molecule has 0 fully saturated rings. The maximum absolute atomic E-state index is 8.77. The zero-order chi connectivity index (χ0) is 10.3. The predicted molar refractivity (Wildman–Crippen MR) is 57.6 cm³/mol. The molecule has 1 aromatic rings. The molecule has 0 amide bonds. The van der Waals surface area contributed by atoms with Gasteiger partial charge in [0.15, 0.2) is 5.62 Å². The highest BCUT2D eigenvalue weighted by Gasteiger charge is 2.29. The van der Waals surface area contributed by atoms with Crippen LogP contribution in [0.1, 0.15) is 5.56 Å². The Morgan fingerprint density at radius 2 is 1.93 bits per heavy atom. The number of rotatable bonds is 0. The third-order valence-electron chi connectivity index (χ3n) is 2.50. The van der Waals surface area contributed by atoms with Gasteiger partial charge in [0, 0.05) is 14.1 Å². The Bertz CT molecular complexity index is 410. The maximum atomic E-state index is 8.77. The molecule has 72 valence electrons. The fraction of sp³-hybridized carbons (Fsp3) is 0.300. The number of nitriles is 1. The van der Waals surface area contributed by atoms with Crippen LogP contribution in [0.25, 0.3) is 0 Å². The van der Waals surface area contributed by atoms with E-state index in [4.69, 9.17) is 16.9 Å². The van der Waals surface area contributed by atoms with Gasteiger partial charge in [-0.2, -0.15) is 5.26 Å². The maximum Gasteiger partial charge on any atom is 0.179 e. The van der Waals surface area contributed by atoms with Crippen LogP contribution in [0, 0.1) is 11.3 Å². The highest BCUT2D eigenvalue weighted by molar-refractivity contribution is 6.24. The first kappa shape index (κ1) is 9.17. The van der Waals surface area contributed by atoms with E-state index in [1.54, 1.807) is 6.07 Å². The molecule has 0 radical (unpaired) electrons. The van der Waals surface area contributed by atoms with Crippen molar-refractivity contribution in [2.45, 2.75) is 5.62 Å². The highest BCUT2D eigenvalue weighted by Crippen LogP contribution is 2.39. The van der Waals surface area contributed by atoms with Crippen LogP contribution in [-0.2, 0) is 0 Å². The Balaban J connectivity index is 2.54. The first-order valence-electron chi connectivity index (χ1n) is 4.29. The number of halogens is 1. The normalized spacial score (nSPS) is 19.4. The molecule has 0 bridgehead atoms. The molecule has 0 saturated heterocycles. The molecule has 0 aromatic heterocycles. The fourth-order valence-corrected chi connectivity index (χ4v) is 1.87. The van der Waals surface area contributed by atoms with Crippen molar-refractivity contribution in [2.24, 2.45) is 0 Å². The molecule has 1 aromatic carbocycles. The van der Waals surface area contributed by atoms with Crippen molar-refractivity contribution in [3.8, 4) is 6.07 Å². The summed E-state index contributed by atoms with van der Waals surface area (Å²) in [7, 11) is 3.85. The molecule has 1 unspecified atom stereocenters. The number of anilines is 2. The van der Waals surface area contributed by atoms with E-state index in [-0.39, 0.29) is 5.62 Å². The summed E-state index contributed by atoms with van der Waals surface area (Å²) >= 11 is 6.14. The van der Waals surface area contributed by atoms with E-state index in [2.05, 4.69) is 6.07 Å². The van der Waals surface area contributed by atoms with E-state index >= 15 is 0 Å². The van der Waals surface area contributed by atoms with Gasteiger partial charge < -0.3 is 9.80 Å². The molecule has 3 nitrogen and oxygen atoms in total. The molecular formula is C10H10ClN3. The van der Waals surface area contributed by atoms with Crippen LogP contribution >= 0.6 is 11.6 Å². The quantitative estimate of drug-likeness (QED) is 0.481. The van der Waals surface area contributed by atoms with E-state index < -0.39 is 0 Å².